The summed E-state index contributed by atoms with van der Waals surface area (Å²) in [5.74, 6) is -1.86. The molecule has 0 aliphatic heterocycles. The molecule has 0 aromatic heterocycles. The Labute approximate surface area is 116 Å². The molecule has 3 amide bonds. The SMILES string of the molecule is N#Cc1ccc(NC(=O)C(=O)N(C=O)CCCN)cc1. The molecule has 0 aliphatic rings. The number of carbonyl (C=O) groups excluding carboxylic acids is 3. The van der Waals surface area contributed by atoms with Crippen molar-refractivity contribution in [1.82, 2.24) is 4.90 Å². The summed E-state index contributed by atoms with van der Waals surface area (Å²) in [7, 11) is 0. The Morgan fingerprint density at radius 3 is 2.50 bits per heavy atom. The number of benzene rings is 1. The second kappa shape index (κ2) is 7.66. The summed E-state index contributed by atoms with van der Waals surface area (Å²) in [5.41, 5.74) is 6.08. The van der Waals surface area contributed by atoms with Crippen molar-refractivity contribution in [1.29, 1.82) is 5.26 Å². The standard InChI is InChI=1S/C13H14N4O3/c14-6-1-7-17(9-18)13(20)12(19)16-11-4-2-10(8-15)3-5-11/h2-5,9H,1,6-7,14H2,(H,16,19). The highest BCUT2D eigenvalue weighted by Gasteiger charge is 2.20. The quantitative estimate of drug-likeness (QED) is 0.571. The lowest BCUT2D eigenvalue weighted by Crippen LogP contribution is -2.39. The van der Waals surface area contributed by atoms with Crippen LogP contribution in [0.15, 0.2) is 24.3 Å². The van der Waals surface area contributed by atoms with Crippen molar-refractivity contribution < 1.29 is 14.4 Å². The van der Waals surface area contributed by atoms with E-state index in [0.717, 1.165) is 4.90 Å². The summed E-state index contributed by atoms with van der Waals surface area (Å²) in [5, 5.41) is 11.0. The van der Waals surface area contributed by atoms with Gasteiger partial charge in [0.15, 0.2) is 0 Å². The minimum atomic E-state index is -0.946. The van der Waals surface area contributed by atoms with Gasteiger partial charge in [0.1, 0.15) is 0 Å². The molecular weight excluding hydrogens is 260 g/mol. The Morgan fingerprint density at radius 1 is 1.35 bits per heavy atom. The second-order valence-corrected chi connectivity index (χ2v) is 3.89. The van der Waals surface area contributed by atoms with E-state index in [1.165, 1.54) is 24.3 Å². The van der Waals surface area contributed by atoms with Gasteiger partial charge in [0, 0.05) is 12.2 Å². The molecule has 0 bridgehead atoms. The molecule has 104 valence electrons. The van der Waals surface area contributed by atoms with E-state index in [-0.39, 0.29) is 6.54 Å². The zero-order valence-corrected chi connectivity index (χ0v) is 10.7. The third-order valence-electron chi connectivity index (χ3n) is 2.46. The van der Waals surface area contributed by atoms with Gasteiger partial charge in [-0.3, -0.25) is 19.3 Å². The summed E-state index contributed by atoms with van der Waals surface area (Å²) in [4.78, 5) is 34.9. The number of nitrogens with zero attached hydrogens (tertiary/aromatic N) is 2. The molecule has 20 heavy (non-hydrogen) atoms. The number of nitrogens with two attached hydrogens (primary N) is 1. The summed E-state index contributed by atoms with van der Waals surface area (Å²) < 4.78 is 0. The molecule has 0 aliphatic carbocycles. The Hall–Kier alpha value is -2.72. The lowest BCUT2D eigenvalue weighted by molar-refractivity contribution is -0.146. The van der Waals surface area contributed by atoms with Crippen LogP contribution in [0.2, 0.25) is 0 Å². The van der Waals surface area contributed by atoms with Gasteiger partial charge in [0.05, 0.1) is 11.6 Å². The fraction of sp³-hybridized carbons (Fsp3) is 0.231. The topological polar surface area (TPSA) is 116 Å². The smallest absolute Gasteiger partial charge is 0.318 e. The van der Waals surface area contributed by atoms with Gasteiger partial charge < -0.3 is 11.1 Å². The third-order valence-corrected chi connectivity index (χ3v) is 2.46. The largest absolute Gasteiger partial charge is 0.330 e. The van der Waals surface area contributed by atoms with E-state index in [4.69, 9.17) is 11.0 Å². The zero-order chi connectivity index (χ0) is 15.0. The Kier molecular flexibility index (Phi) is 5.87. The van der Waals surface area contributed by atoms with Gasteiger partial charge in [-0.2, -0.15) is 5.26 Å². The molecule has 0 spiro atoms. The van der Waals surface area contributed by atoms with Crippen LogP contribution in [-0.2, 0) is 14.4 Å². The van der Waals surface area contributed by atoms with E-state index in [1.54, 1.807) is 0 Å². The van der Waals surface area contributed by atoms with Gasteiger partial charge in [-0.15, -0.1) is 0 Å². The molecule has 7 nitrogen and oxygen atoms in total. The van der Waals surface area contributed by atoms with E-state index in [0.29, 0.717) is 30.6 Å². The zero-order valence-electron chi connectivity index (χ0n) is 10.7. The highest BCUT2D eigenvalue weighted by molar-refractivity contribution is 6.41. The van der Waals surface area contributed by atoms with Crippen LogP contribution in [0.5, 0.6) is 0 Å². The number of nitrogens with one attached hydrogen (secondary N) is 1. The maximum Gasteiger partial charge on any atom is 0.318 e. The monoisotopic (exact) mass is 274 g/mol. The van der Waals surface area contributed by atoms with Crippen molar-refractivity contribution in [3.8, 4) is 6.07 Å². The number of anilines is 1. The maximum absolute atomic E-state index is 11.7. The Balaban J connectivity index is 2.66. The van der Waals surface area contributed by atoms with Crippen LogP contribution in [0.4, 0.5) is 5.69 Å². The number of nitriles is 1. The average Bonchev–Trinajstić information content (AvgIpc) is 2.48. The molecule has 0 atom stereocenters. The molecule has 1 aromatic rings. The first-order valence-electron chi connectivity index (χ1n) is 5.90. The number of imide groups is 1. The Morgan fingerprint density at radius 2 is 2.00 bits per heavy atom. The van der Waals surface area contributed by atoms with Crippen LogP contribution in [0, 0.1) is 11.3 Å². The van der Waals surface area contributed by atoms with Gasteiger partial charge in [0.25, 0.3) is 0 Å². The number of hydrogen-bond donors (Lipinski definition) is 2. The predicted molar refractivity (Wildman–Crippen MR) is 71.2 cm³/mol. The molecular formula is C13H14N4O3. The molecule has 0 unspecified atom stereocenters. The van der Waals surface area contributed by atoms with Crippen LogP contribution in [0.1, 0.15) is 12.0 Å². The lowest BCUT2D eigenvalue weighted by Gasteiger charge is -2.14. The molecule has 0 heterocycles. The van der Waals surface area contributed by atoms with Crippen molar-refractivity contribution in [3.63, 3.8) is 0 Å². The van der Waals surface area contributed by atoms with E-state index in [1.807, 2.05) is 6.07 Å². The van der Waals surface area contributed by atoms with Gasteiger partial charge in [-0.05, 0) is 37.2 Å². The van der Waals surface area contributed by atoms with Crippen LogP contribution < -0.4 is 11.1 Å². The van der Waals surface area contributed by atoms with E-state index in [9.17, 15) is 14.4 Å². The molecule has 1 aromatic carbocycles. The summed E-state index contributed by atoms with van der Waals surface area (Å²) >= 11 is 0. The fourth-order valence-corrected chi connectivity index (χ4v) is 1.41. The van der Waals surface area contributed by atoms with Gasteiger partial charge in [0.2, 0.25) is 6.41 Å². The van der Waals surface area contributed by atoms with E-state index < -0.39 is 11.8 Å². The second-order valence-electron chi connectivity index (χ2n) is 3.89. The lowest BCUT2D eigenvalue weighted by atomic mass is 10.2. The molecule has 0 fully saturated rings. The number of hydrogen-bond acceptors (Lipinski definition) is 5. The minimum absolute atomic E-state index is 0.0968. The van der Waals surface area contributed by atoms with Gasteiger partial charge >= 0.3 is 11.8 Å². The first kappa shape index (κ1) is 15.3. The highest BCUT2D eigenvalue weighted by atomic mass is 16.2. The fourth-order valence-electron chi connectivity index (χ4n) is 1.41. The summed E-state index contributed by atoms with van der Waals surface area (Å²) in [6.07, 6.45) is 0.727. The molecule has 0 saturated heterocycles. The molecule has 1 rings (SSSR count). The summed E-state index contributed by atoms with van der Waals surface area (Å²) in [6, 6.07) is 7.94. The van der Waals surface area contributed by atoms with Gasteiger partial charge in [-0.1, -0.05) is 0 Å². The molecule has 3 N–H and O–H groups in total. The number of amides is 3. The van der Waals surface area contributed by atoms with Crippen molar-refractivity contribution >= 4 is 23.9 Å². The maximum atomic E-state index is 11.7. The predicted octanol–water partition coefficient (Wildman–Crippen LogP) is -0.169. The Bertz CT molecular complexity index is 534. The molecule has 7 heteroatoms. The van der Waals surface area contributed by atoms with Crippen LogP contribution in [-0.4, -0.2) is 36.2 Å². The average molecular weight is 274 g/mol. The van der Waals surface area contributed by atoms with Gasteiger partial charge in [-0.25, -0.2) is 0 Å². The number of rotatable bonds is 5. The van der Waals surface area contributed by atoms with Crippen molar-refractivity contribution in [2.45, 2.75) is 6.42 Å². The van der Waals surface area contributed by atoms with Crippen LogP contribution >= 0.6 is 0 Å². The van der Waals surface area contributed by atoms with Crippen LogP contribution in [0.25, 0.3) is 0 Å². The van der Waals surface area contributed by atoms with Crippen LogP contribution in [0.3, 0.4) is 0 Å². The minimum Gasteiger partial charge on any atom is -0.330 e. The van der Waals surface area contributed by atoms with E-state index in [2.05, 4.69) is 5.32 Å². The third kappa shape index (κ3) is 4.19. The summed E-state index contributed by atoms with van der Waals surface area (Å²) in [6.45, 7) is 0.411. The van der Waals surface area contributed by atoms with Crippen molar-refractivity contribution in [2.24, 2.45) is 5.73 Å². The molecule has 0 radical (unpaired) electrons. The van der Waals surface area contributed by atoms with Crippen molar-refractivity contribution in [3.05, 3.63) is 29.8 Å². The van der Waals surface area contributed by atoms with Crippen molar-refractivity contribution in [2.75, 3.05) is 18.4 Å². The first-order valence-corrected chi connectivity index (χ1v) is 5.90. The molecule has 0 saturated carbocycles. The first-order chi connectivity index (χ1) is 9.62. The van der Waals surface area contributed by atoms with E-state index >= 15 is 0 Å². The normalized spacial score (nSPS) is 9.40. The highest BCUT2D eigenvalue weighted by Crippen LogP contribution is 2.08. The number of carbonyl (C=O) groups is 3.